The molecule has 114 heavy (non-hydrogen) atoms. The first-order chi connectivity index (χ1) is 52.9. The molecule has 0 radical (unpaired) electrons. The van der Waals surface area contributed by atoms with Crippen LogP contribution in [0.25, 0.3) is 0 Å². The standard InChI is InChI=1S/3C21H31N4O11PS/c3*1-10(2)35-18(30)11(3)24-37(33,38-9-12-7-15(27)22-17(12)29)34-8-13-16(28)21(4,32)19(36-13)25-6-5-14(26)23-20(25)31/h3*5-6,10-13,16,19,28,32H,7-9H2,1-4H3,(H,24,33)(H,22,27,29)(H,23,26,31)/t11-,12?,13+,16+,19?,21+,37+;11-,12?,13-,16-,19?,21-,37?;11-,12?,13-,16-,19?,21-,37+/m011/s1. The van der Waals surface area contributed by atoms with Gasteiger partial charge in [0.15, 0.2) is 18.7 Å². The highest BCUT2D eigenvalue weighted by molar-refractivity contribution is 8.56. The van der Waals surface area contributed by atoms with Crippen LogP contribution in [0.2, 0.25) is 0 Å². The van der Waals surface area contributed by atoms with Crippen LogP contribution in [0.15, 0.2) is 65.6 Å². The molecule has 0 bridgehead atoms. The number of aliphatic hydroxyl groups excluding tert-OH is 3. The molecule has 6 fully saturated rings. The lowest BCUT2D eigenvalue weighted by atomic mass is 9.96. The third kappa shape index (κ3) is 24.6. The van der Waals surface area contributed by atoms with E-state index in [0.717, 1.165) is 50.5 Å². The van der Waals surface area contributed by atoms with E-state index in [1.54, 1.807) is 41.5 Å². The van der Waals surface area contributed by atoms with Crippen LogP contribution in [0.3, 0.4) is 0 Å². The number of hydrogen-bond donors (Lipinski definition) is 15. The average molecular weight is 1740 g/mol. The maximum absolute atomic E-state index is 13.7. The zero-order valence-corrected chi connectivity index (χ0v) is 68.5. The normalized spacial score (nSPS) is 29.8. The van der Waals surface area contributed by atoms with Gasteiger partial charge in [0.1, 0.15) is 71.6 Å². The van der Waals surface area contributed by atoms with E-state index >= 15 is 0 Å². The van der Waals surface area contributed by atoms with E-state index in [-0.39, 0.29) is 36.5 Å². The predicted octanol–water partition coefficient (Wildman–Crippen LogP) is -3.01. The van der Waals surface area contributed by atoms with Crippen molar-refractivity contribution in [3.8, 4) is 0 Å². The molecule has 45 nitrogen and oxygen atoms in total. The summed E-state index contributed by atoms with van der Waals surface area (Å²) in [7, 11) is 0. The van der Waals surface area contributed by atoms with Crippen LogP contribution in [0.4, 0.5) is 0 Å². The Bertz CT molecular complexity index is 4140. The zero-order valence-electron chi connectivity index (χ0n) is 63.3. The monoisotopic (exact) mass is 1730 g/mol. The lowest BCUT2D eigenvalue weighted by Gasteiger charge is -2.27. The van der Waals surface area contributed by atoms with Gasteiger partial charge < -0.3 is 72.6 Å². The van der Waals surface area contributed by atoms with Crippen molar-refractivity contribution < 1.29 is 129 Å². The van der Waals surface area contributed by atoms with Crippen LogP contribution in [0.5, 0.6) is 0 Å². The van der Waals surface area contributed by atoms with E-state index in [9.17, 15) is 116 Å². The summed E-state index contributed by atoms with van der Waals surface area (Å²) in [6, 6.07) is -0.187. The number of amides is 6. The molecule has 636 valence electrons. The third-order valence-electron chi connectivity index (χ3n) is 17.5. The molecule has 7 unspecified atom stereocenters. The molecule has 6 aliphatic rings. The van der Waals surface area contributed by atoms with Crippen molar-refractivity contribution in [3.05, 3.63) is 99.3 Å². The van der Waals surface area contributed by atoms with Gasteiger partial charge in [-0.25, -0.2) is 29.6 Å². The number of carbonyl (C=O) groups excluding carboxylic acids is 9. The van der Waals surface area contributed by atoms with Crippen molar-refractivity contribution >= 4 is 108 Å². The van der Waals surface area contributed by atoms with Crippen molar-refractivity contribution in [2.24, 2.45) is 17.8 Å². The molecule has 21 atom stereocenters. The summed E-state index contributed by atoms with van der Waals surface area (Å²) in [4.78, 5) is 184. The molecule has 9 rings (SSSR count). The minimum absolute atomic E-state index is 0.0883. The summed E-state index contributed by atoms with van der Waals surface area (Å²) in [5.74, 6) is -7.69. The summed E-state index contributed by atoms with van der Waals surface area (Å²) in [6.45, 7) is 3.94. The van der Waals surface area contributed by atoms with Crippen LogP contribution >= 0.6 is 54.3 Å². The lowest BCUT2D eigenvalue weighted by Crippen LogP contribution is -2.47. The summed E-state index contributed by atoms with van der Waals surface area (Å²) in [5.41, 5.74) is -10.7. The zero-order chi connectivity index (χ0) is 85.2. The van der Waals surface area contributed by atoms with Gasteiger partial charge in [0, 0.05) is 73.3 Å². The Morgan fingerprint density at radius 2 is 0.675 bits per heavy atom. The van der Waals surface area contributed by atoms with Gasteiger partial charge in [0.05, 0.1) is 55.9 Å². The Morgan fingerprint density at radius 3 is 0.868 bits per heavy atom. The maximum atomic E-state index is 13.7. The maximum Gasteiger partial charge on any atom is 0.330 e. The fourth-order valence-electron chi connectivity index (χ4n) is 11.5. The Balaban J connectivity index is 0.000000237. The van der Waals surface area contributed by atoms with Crippen LogP contribution < -0.4 is 65.0 Å². The summed E-state index contributed by atoms with van der Waals surface area (Å²) < 4.78 is 93.0. The van der Waals surface area contributed by atoms with Crippen LogP contribution in [-0.2, 0) is 98.8 Å². The summed E-state index contributed by atoms with van der Waals surface area (Å²) in [5, 5.41) is 78.9. The molecule has 0 saturated carbocycles. The molecule has 6 aliphatic heterocycles. The second-order valence-corrected chi connectivity index (χ2v) is 41.3. The molecule has 6 saturated heterocycles. The topological polar surface area (TPSA) is 646 Å². The van der Waals surface area contributed by atoms with Crippen LogP contribution in [-0.4, -0.2) is 240 Å². The number of nitrogens with zero attached hydrogens (tertiary/aromatic N) is 3. The second kappa shape index (κ2) is 39.1. The molecule has 0 aliphatic carbocycles. The van der Waals surface area contributed by atoms with E-state index in [4.69, 9.17) is 42.0 Å². The van der Waals surface area contributed by atoms with E-state index in [1.165, 1.54) is 41.5 Å². The number of hydrogen-bond acceptors (Lipinski definition) is 36. The van der Waals surface area contributed by atoms with E-state index < -0.39 is 253 Å². The Morgan fingerprint density at radius 1 is 0.447 bits per heavy atom. The van der Waals surface area contributed by atoms with Gasteiger partial charge in [0.25, 0.3) is 16.7 Å². The summed E-state index contributed by atoms with van der Waals surface area (Å²) in [6.07, 6.45) is -11.4. The van der Waals surface area contributed by atoms with E-state index in [0.29, 0.717) is 34.1 Å². The van der Waals surface area contributed by atoms with Gasteiger partial charge in [-0.05, 0) is 83.1 Å². The smallest absolute Gasteiger partial charge is 0.330 e. The van der Waals surface area contributed by atoms with Crippen LogP contribution in [0.1, 0.15) is 121 Å². The molecule has 9 heterocycles. The van der Waals surface area contributed by atoms with Crippen molar-refractivity contribution in [2.75, 3.05) is 37.1 Å². The summed E-state index contributed by atoms with van der Waals surface area (Å²) >= 11 is 2.05. The van der Waals surface area contributed by atoms with Gasteiger partial charge in [-0.1, -0.05) is 34.1 Å². The highest BCUT2D eigenvalue weighted by Gasteiger charge is 2.57. The first kappa shape index (κ1) is 94.2. The Hall–Kier alpha value is -6.99. The molecular weight excluding hydrogens is 1640 g/mol. The minimum Gasteiger partial charge on any atom is -0.462 e. The van der Waals surface area contributed by atoms with Gasteiger partial charge in [-0.15, -0.1) is 0 Å². The number of esters is 3. The molecule has 51 heteroatoms. The van der Waals surface area contributed by atoms with Crippen molar-refractivity contribution in [1.29, 1.82) is 0 Å². The molecule has 3 aromatic rings. The molecule has 0 spiro atoms. The van der Waals surface area contributed by atoms with Crippen molar-refractivity contribution in [1.82, 2.24) is 59.9 Å². The number of aromatic nitrogens is 6. The number of imide groups is 3. The second-order valence-electron chi connectivity index (χ2n) is 28.4. The molecule has 15 N–H and O–H groups in total. The van der Waals surface area contributed by atoms with Gasteiger partial charge >= 0.3 is 55.1 Å². The number of H-pyrrole nitrogens is 3. The number of aliphatic hydroxyl groups is 6. The van der Waals surface area contributed by atoms with Crippen molar-refractivity contribution in [2.45, 2.75) is 211 Å². The third-order valence-corrected chi connectivity index (χ3v) is 30.1. The number of ether oxygens (including phenoxy) is 6. The number of rotatable bonds is 33. The lowest BCUT2D eigenvalue weighted by molar-refractivity contribution is -0.149. The van der Waals surface area contributed by atoms with Crippen molar-refractivity contribution in [3.63, 3.8) is 0 Å². The largest absolute Gasteiger partial charge is 0.462 e. The molecule has 6 amide bonds. The number of carbonyl (C=O) groups is 9. The molecule has 0 aromatic carbocycles. The predicted molar refractivity (Wildman–Crippen MR) is 399 cm³/mol. The first-order valence-electron chi connectivity index (χ1n) is 35.1. The van der Waals surface area contributed by atoms with Gasteiger partial charge in [0.2, 0.25) is 35.4 Å². The van der Waals surface area contributed by atoms with Crippen LogP contribution in [0, 0.1) is 17.8 Å². The minimum atomic E-state index is -4.01. The Kier molecular flexibility index (Phi) is 32.3. The first-order valence-corrected chi connectivity index (χ1v) is 44.8. The number of nitrogens with one attached hydrogen (secondary N) is 9. The number of aromatic amines is 3. The van der Waals surface area contributed by atoms with Gasteiger partial charge in [-0.3, -0.25) is 116 Å². The fourth-order valence-corrected chi connectivity index (χ4v) is 23.6. The highest BCUT2D eigenvalue weighted by atomic mass is 32.7. The van der Waals surface area contributed by atoms with E-state index in [1.807, 2.05) is 15.0 Å². The van der Waals surface area contributed by atoms with E-state index in [2.05, 4.69) is 31.2 Å². The Labute approximate surface area is 659 Å². The molecular formula is C63H93N12O33P3S3. The highest BCUT2D eigenvalue weighted by Crippen LogP contribution is 2.60. The quantitative estimate of drug-likeness (QED) is 0.0125. The van der Waals surface area contributed by atoms with Gasteiger partial charge in [-0.2, -0.15) is 0 Å². The average Bonchev–Trinajstić information content (AvgIpc) is 1.64. The SMILES string of the molecule is CC(C)OC(=O)[C@@H](C)NP(=O)(OC[C@H]1OC(n2ccc(=O)[nH]c2=O)[C@](C)(O)[C@@H]1O)SCC1CC(=O)NC1=O.CC(C)OC(=O)[C@@H](C)N[P@](=O)(OC[C@H]1OC(n2ccc(=O)[nH]c2=O)[C@](C)(O)[C@@H]1O)SCC1CC(=O)NC1=O.CC(C)OC(=O)[C@H](C)N[P@@](=O)(OC[C@H]1OC(n2ccc(=O)[nH]c2=O)[C@](C)(O)[C@@H]1O)SCC1CC(=O)NC1=O. The fraction of sp³-hybridized carbons (Fsp3) is 0.667. The molecule has 3 aromatic heterocycles.